The fourth-order valence-electron chi connectivity index (χ4n) is 2.47. The van der Waals surface area contributed by atoms with Crippen molar-refractivity contribution in [3.8, 4) is 0 Å². The van der Waals surface area contributed by atoms with Crippen molar-refractivity contribution in [3.05, 3.63) is 35.9 Å². The molecule has 1 aromatic carbocycles. The summed E-state index contributed by atoms with van der Waals surface area (Å²) in [5, 5.41) is 4.03. The van der Waals surface area contributed by atoms with Gasteiger partial charge in [0.15, 0.2) is 0 Å². The summed E-state index contributed by atoms with van der Waals surface area (Å²) < 4.78 is 0. The molecule has 20 heavy (non-hydrogen) atoms. The van der Waals surface area contributed by atoms with Crippen LogP contribution in [0.3, 0.4) is 0 Å². The van der Waals surface area contributed by atoms with Crippen molar-refractivity contribution < 1.29 is 4.79 Å². The van der Waals surface area contributed by atoms with Crippen molar-refractivity contribution >= 4 is 12.1 Å². The maximum absolute atomic E-state index is 11.9. The molecule has 1 aromatic rings. The van der Waals surface area contributed by atoms with E-state index in [1.807, 2.05) is 24.4 Å². The van der Waals surface area contributed by atoms with Crippen molar-refractivity contribution in [3.63, 3.8) is 0 Å². The number of nitrogens with one attached hydrogen (secondary N) is 1. The number of rotatable bonds is 8. The van der Waals surface area contributed by atoms with Gasteiger partial charge in [-0.3, -0.25) is 4.79 Å². The maximum Gasteiger partial charge on any atom is 0.243 e. The third-order valence-electron chi connectivity index (χ3n) is 3.81. The molecule has 1 fully saturated rings. The second-order valence-corrected chi connectivity index (χ2v) is 5.50. The van der Waals surface area contributed by atoms with Crippen LogP contribution in [-0.2, 0) is 4.79 Å². The van der Waals surface area contributed by atoms with Gasteiger partial charge >= 0.3 is 0 Å². The molecule has 2 atom stereocenters. The van der Waals surface area contributed by atoms with Crippen molar-refractivity contribution in [1.82, 2.24) is 5.43 Å². The Morgan fingerprint density at radius 2 is 2.10 bits per heavy atom. The number of amides is 1. The number of unbranched alkanes of at least 4 members (excludes halogenated alkanes) is 4. The van der Waals surface area contributed by atoms with Crippen LogP contribution in [0.25, 0.3) is 0 Å². The molecule has 0 heterocycles. The summed E-state index contributed by atoms with van der Waals surface area (Å²) in [4.78, 5) is 11.9. The summed E-state index contributed by atoms with van der Waals surface area (Å²) in [7, 11) is 0. The third kappa shape index (κ3) is 4.48. The molecule has 0 radical (unpaired) electrons. The molecule has 0 aliphatic heterocycles. The van der Waals surface area contributed by atoms with E-state index in [1.54, 1.807) is 0 Å². The Kier molecular flexibility index (Phi) is 5.78. The lowest BCUT2D eigenvalue weighted by Gasteiger charge is -2.00. The first-order chi connectivity index (χ1) is 9.83. The molecule has 1 aliphatic rings. The largest absolute Gasteiger partial charge is 0.273 e. The number of benzene rings is 1. The molecule has 1 saturated carbocycles. The highest BCUT2D eigenvalue weighted by Gasteiger charge is 2.43. The predicted molar refractivity (Wildman–Crippen MR) is 82.7 cm³/mol. The van der Waals surface area contributed by atoms with E-state index in [4.69, 9.17) is 0 Å². The Balaban J connectivity index is 1.63. The summed E-state index contributed by atoms with van der Waals surface area (Å²) in [5.74, 6) is 0.550. The van der Waals surface area contributed by atoms with Gasteiger partial charge in [-0.05, 0) is 30.7 Å². The minimum absolute atomic E-state index is 0.0589. The Labute approximate surface area is 121 Å². The molecular weight excluding hydrogens is 248 g/mol. The van der Waals surface area contributed by atoms with E-state index in [-0.39, 0.29) is 11.8 Å². The molecule has 0 aromatic heterocycles. The molecular formula is C17H24N2O. The fraction of sp³-hybridized carbons (Fsp3) is 0.529. The van der Waals surface area contributed by atoms with Crippen LogP contribution in [0.1, 0.15) is 56.9 Å². The van der Waals surface area contributed by atoms with Crippen molar-refractivity contribution in [2.45, 2.75) is 51.4 Å². The van der Waals surface area contributed by atoms with Crippen LogP contribution in [-0.4, -0.2) is 12.1 Å². The highest BCUT2D eigenvalue weighted by molar-refractivity contribution is 5.83. The highest BCUT2D eigenvalue weighted by Crippen LogP contribution is 2.47. The first kappa shape index (κ1) is 14.8. The molecule has 1 amide bonds. The van der Waals surface area contributed by atoms with E-state index in [2.05, 4.69) is 29.6 Å². The lowest BCUT2D eigenvalue weighted by molar-refractivity contribution is -0.122. The van der Waals surface area contributed by atoms with E-state index < -0.39 is 0 Å². The van der Waals surface area contributed by atoms with E-state index in [9.17, 15) is 4.79 Å². The molecule has 3 heteroatoms. The summed E-state index contributed by atoms with van der Waals surface area (Å²) in [6, 6.07) is 10.2. The quantitative estimate of drug-likeness (QED) is 0.436. The fourth-order valence-corrected chi connectivity index (χ4v) is 2.47. The van der Waals surface area contributed by atoms with E-state index in [0.29, 0.717) is 5.92 Å². The molecule has 2 unspecified atom stereocenters. The highest BCUT2D eigenvalue weighted by atomic mass is 16.2. The average Bonchev–Trinajstić information content (AvgIpc) is 3.27. The minimum atomic E-state index is 0.0589. The zero-order valence-corrected chi connectivity index (χ0v) is 12.2. The van der Waals surface area contributed by atoms with Gasteiger partial charge < -0.3 is 0 Å². The molecule has 1 N–H and O–H groups in total. The van der Waals surface area contributed by atoms with Gasteiger partial charge in [0.2, 0.25) is 5.91 Å². The molecule has 1 aliphatic carbocycles. The normalized spacial score (nSPS) is 21.1. The monoisotopic (exact) mass is 272 g/mol. The predicted octanol–water partition coefficient (Wildman–Crippen LogP) is 3.86. The van der Waals surface area contributed by atoms with Gasteiger partial charge in [0, 0.05) is 12.1 Å². The van der Waals surface area contributed by atoms with Gasteiger partial charge in [-0.1, -0.05) is 56.5 Å². The number of hydrogen-bond donors (Lipinski definition) is 1. The number of hydrogen-bond acceptors (Lipinski definition) is 2. The van der Waals surface area contributed by atoms with Gasteiger partial charge in [-0.2, -0.15) is 5.10 Å². The number of carbonyl (C=O) groups is 1. The van der Waals surface area contributed by atoms with E-state index in [1.165, 1.54) is 24.8 Å². The van der Waals surface area contributed by atoms with Gasteiger partial charge in [0.1, 0.15) is 0 Å². The second kappa shape index (κ2) is 7.83. The molecule has 2 rings (SSSR count). The number of hydrazone groups is 1. The lowest BCUT2D eigenvalue weighted by Crippen LogP contribution is -2.19. The summed E-state index contributed by atoms with van der Waals surface area (Å²) >= 11 is 0. The minimum Gasteiger partial charge on any atom is -0.273 e. The van der Waals surface area contributed by atoms with Crippen LogP contribution in [0.2, 0.25) is 0 Å². The smallest absolute Gasteiger partial charge is 0.243 e. The average molecular weight is 272 g/mol. The second-order valence-electron chi connectivity index (χ2n) is 5.50. The van der Waals surface area contributed by atoms with E-state index >= 15 is 0 Å². The third-order valence-corrected chi connectivity index (χ3v) is 3.81. The van der Waals surface area contributed by atoms with Crippen LogP contribution in [0.5, 0.6) is 0 Å². The molecule has 108 valence electrons. The van der Waals surface area contributed by atoms with Gasteiger partial charge in [0.25, 0.3) is 0 Å². The molecule has 0 saturated heterocycles. The van der Waals surface area contributed by atoms with Crippen LogP contribution in [0.15, 0.2) is 35.4 Å². The van der Waals surface area contributed by atoms with Crippen molar-refractivity contribution in [2.75, 3.05) is 0 Å². The van der Waals surface area contributed by atoms with E-state index in [0.717, 1.165) is 19.3 Å². The van der Waals surface area contributed by atoms with Crippen LogP contribution < -0.4 is 5.43 Å². The number of nitrogens with zero attached hydrogens (tertiary/aromatic N) is 1. The summed E-state index contributed by atoms with van der Waals surface area (Å²) in [6.07, 6.45) is 8.65. The Hall–Kier alpha value is -1.64. The number of carbonyl (C=O) groups excluding carboxylic acids is 1. The Morgan fingerprint density at radius 3 is 2.85 bits per heavy atom. The first-order valence-electron chi connectivity index (χ1n) is 7.69. The Morgan fingerprint density at radius 1 is 1.30 bits per heavy atom. The standard InChI is InChI=1S/C17H24N2O/c1-2-3-4-5-9-12-18-19-17(20)16-13-15(16)14-10-7-6-8-11-14/h6-8,10-12,15-16H,2-5,9,13H2,1H3,(H,19,20)/b18-12+. The van der Waals surface area contributed by atoms with Gasteiger partial charge in [-0.15, -0.1) is 0 Å². The zero-order chi connectivity index (χ0) is 14.2. The zero-order valence-electron chi connectivity index (χ0n) is 12.2. The van der Waals surface area contributed by atoms with Crippen LogP contribution >= 0.6 is 0 Å². The SMILES string of the molecule is CCCCCC/C=N/NC(=O)C1CC1c1ccccc1. The molecule has 0 spiro atoms. The van der Waals surface area contributed by atoms with Crippen LogP contribution in [0, 0.1) is 5.92 Å². The summed E-state index contributed by atoms with van der Waals surface area (Å²) in [5.41, 5.74) is 3.93. The van der Waals surface area contributed by atoms with Crippen molar-refractivity contribution in [2.24, 2.45) is 11.0 Å². The lowest BCUT2D eigenvalue weighted by atomic mass is 10.1. The Bertz CT molecular complexity index is 442. The molecule has 3 nitrogen and oxygen atoms in total. The molecule has 0 bridgehead atoms. The van der Waals surface area contributed by atoms with Crippen LogP contribution in [0.4, 0.5) is 0 Å². The topological polar surface area (TPSA) is 41.5 Å². The van der Waals surface area contributed by atoms with Gasteiger partial charge in [0.05, 0.1) is 0 Å². The maximum atomic E-state index is 11.9. The van der Waals surface area contributed by atoms with Crippen molar-refractivity contribution in [1.29, 1.82) is 0 Å². The first-order valence-corrected chi connectivity index (χ1v) is 7.69. The van der Waals surface area contributed by atoms with Gasteiger partial charge in [-0.25, -0.2) is 5.43 Å². The summed E-state index contributed by atoms with van der Waals surface area (Å²) in [6.45, 7) is 2.20.